The fourth-order valence-corrected chi connectivity index (χ4v) is 5.23. The van der Waals surface area contributed by atoms with Crippen LogP contribution in [0.4, 0.5) is 0 Å². The van der Waals surface area contributed by atoms with E-state index in [0.29, 0.717) is 0 Å². The molecule has 0 saturated heterocycles. The summed E-state index contributed by atoms with van der Waals surface area (Å²) in [6, 6.07) is 35.2. The van der Waals surface area contributed by atoms with Crippen molar-refractivity contribution < 1.29 is 0 Å². The average molecular weight is 396 g/mol. The number of para-hydroxylation sites is 2. The lowest BCUT2D eigenvalue weighted by atomic mass is 10.0. The van der Waals surface area contributed by atoms with E-state index in [-0.39, 0.29) is 0 Å². The Morgan fingerprint density at radius 1 is 0.613 bits per heavy atom. The highest BCUT2D eigenvalue weighted by Crippen LogP contribution is 2.42. The summed E-state index contributed by atoms with van der Waals surface area (Å²) in [5.41, 5.74) is 7.36. The fourth-order valence-electron chi connectivity index (χ4n) is 5.23. The number of aryl methyl sites for hydroxylation is 1. The summed E-state index contributed by atoms with van der Waals surface area (Å²) in [6.45, 7) is 2.16. The number of H-pyrrole nitrogens is 1. The van der Waals surface area contributed by atoms with Gasteiger partial charge in [0.05, 0.1) is 11.0 Å². The Labute approximate surface area is 179 Å². The predicted molar refractivity (Wildman–Crippen MR) is 132 cm³/mol. The van der Waals surface area contributed by atoms with Crippen molar-refractivity contribution in [3.05, 3.63) is 103 Å². The lowest BCUT2D eigenvalue weighted by Gasteiger charge is -2.10. The lowest BCUT2D eigenvalue weighted by Crippen LogP contribution is -1.94. The molecule has 0 amide bonds. The Morgan fingerprint density at radius 3 is 2.32 bits per heavy atom. The average Bonchev–Trinajstić information content (AvgIpc) is 3.35. The summed E-state index contributed by atoms with van der Waals surface area (Å²) in [7, 11) is 0. The lowest BCUT2D eigenvalue weighted by molar-refractivity contribution is 1.19. The van der Waals surface area contributed by atoms with Crippen LogP contribution in [-0.2, 0) is 0 Å². The molecule has 2 heteroatoms. The second-order valence-corrected chi connectivity index (χ2v) is 8.41. The summed E-state index contributed by atoms with van der Waals surface area (Å²) in [6.07, 6.45) is 0. The van der Waals surface area contributed by atoms with Gasteiger partial charge in [0.1, 0.15) is 0 Å². The van der Waals surface area contributed by atoms with E-state index in [0.717, 1.165) is 0 Å². The standard InChI is InChI=1S/C29H20N2/c1-18-11-13-21-19(17-18)12-14-23-28-26(31(29(21)23)20-7-3-2-4-8-20)16-15-25-27(28)22-9-5-6-10-24(22)30-25/h2-17,30H,1H3. The van der Waals surface area contributed by atoms with Crippen molar-refractivity contribution in [2.45, 2.75) is 6.92 Å². The van der Waals surface area contributed by atoms with Crippen LogP contribution in [0.5, 0.6) is 0 Å². The second kappa shape index (κ2) is 5.99. The van der Waals surface area contributed by atoms with Crippen molar-refractivity contribution in [1.29, 1.82) is 0 Å². The van der Waals surface area contributed by atoms with Gasteiger partial charge in [-0.05, 0) is 42.6 Å². The Hall–Kier alpha value is -4.04. The maximum atomic E-state index is 3.62. The highest BCUT2D eigenvalue weighted by molar-refractivity contribution is 6.30. The molecular weight excluding hydrogens is 376 g/mol. The first-order valence-electron chi connectivity index (χ1n) is 10.7. The Kier molecular flexibility index (Phi) is 3.23. The molecule has 0 aliphatic carbocycles. The van der Waals surface area contributed by atoms with Crippen molar-refractivity contribution in [3.63, 3.8) is 0 Å². The number of nitrogens with zero attached hydrogens (tertiary/aromatic N) is 1. The normalized spacial score (nSPS) is 12.0. The van der Waals surface area contributed by atoms with Gasteiger partial charge < -0.3 is 9.55 Å². The maximum absolute atomic E-state index is 3.62. The smallest absolute Gasteiger partial charge is 0.0619 e. The molecular formula is C29H20N2. The predicted octanol–water partition coefficient (Wildman–Crippen LogP) is 7.88. The van der Waals surface area contributed by atoms with Crippen LogP contribution in [0.25, 0.3) is 60.1 Å². The SMILES string of the molecule is Cc1ccc2c(ccc3c4c5c(ccc4n(-c4ccccc4)c23)[nH]c2ccccc25)c1. The highest BCUT2D eigenvalue weighted by Gasteiger charge is 2.19. The second-order valence-electron chi connectivity index (χ2n) is 8.41. The first-order valence-corrected chi connectivity index (χ1v) is 10.7. The molecule has 0 radical (unpaired) electrons. The number of aromatic amines is 1. The van der Waals surface area contributed by atoms with E-state index in [4.69, 9.17) is 0 Å². The highest BCUT2D eigenvalue weighted by atomic mass is 15.0. The van der Waals surface area contributed by atoms with E-state index < -0.39 is 0 Å². The van der Waals surface area contributed by atoms with E-state index in [1.807, 2.05) is 0 Å². The zero-order valence-electron chi connectivity index (χ0n) is 17.2. The third kappa shape index (κ3) is 2.22. The monoisotopic (exact) mass is 396 g/mol. The van der Waals surface area contributed by atoms with E-state index >= 15 is 0 Å². The van der Waals surface area contributed by atoms with E-state index in [9.17, 15) is 0 Å². The summed E-state index contributed by atoms with van der Waals surface area (Å²) in [4.78, 5) is 3.62. The Bertz CT molecular complexity index is 1780. The minimum atomic E-state index is 1.18. The molecule has 0 spiro atoms. The molecule has 7 rings (SSSR count). The van der Waals surface area contributed by atoms with Crippen LogP contribution in [-0.4, -0.2) is 9.55 Å². The van der Waals surface area contributed by atoms with Gasteiger partial charge in [0.2, 0.25) is 0 Å². The molecule has 146 valence electrons. The van der Waals surface area contributed by atoms with Crippen LogP contribution < -0.4 is 0 Å². The third-order valence-corrected chi connectivity index (χ3v) is 6.54. The van der Waals surface area contributed by atoms with Crippen molar-refractivity contribution >= 4 is 54.4 Å². The van der Waals surface area contributed by atoms with Gasteiger partial charge in [-0.25, -0.2) is 0 Å². The summed E-state index contributed by atoms with van der Waals surface area (Å²) < 4.78 is 2.43. The largest absolute Gasteiger partial charge is 0.354 e. The topological polar surface area (TPSA) is 20.7 Å². The molecule has 1 N–H and O–H groups in total. The molecule has 0 bridgehead atoms. The zero-order chi connectivity index (χ0) is 20.5. The van der Waals surface area contributed by atoms with Crippen molar-refractivity contribution in [3.8, 4) is 5.69 Å². The number of nitrogens with one attached hydrogen (secondary N) is 1. The van der Waals surface area contributed by atoms with Crippen molar-refractivity contribution in [2.75, 3.05) is 0 Å². The van der Waals surface area contributed by atoms with Crippen LogP contribution in [0, 0.1) is 6.92 Å². The minimum Gasteiger partial charge on any atom is -0.354 e. The van der Waals surface area contributed by atoms with Crippen LogP contribution in [0.3, 0.4) is 0 Å². The third-order valence-electron chi connectivity index (χ3n) is 6.54. The quantitative estimate of drug-likeness (QED) is 0.291. The molecule has 2 nitrogen and oxygen atoms in total. The molecule has 0 saturated carbocycles. The molecule has 0 fully saturated rings. The van der Waals surface area contributed by atoms with Crippen LogP contribution >= 0.6 is 0 Å². The van der Waals surface area contributed by atoms with Crippen LogP contribution in [0.2, 0.25) is 0 Å². The molecule has 0 unspecified atom stereocenters. The van der Waals surface area contributed by atoms with E-state index in [2.05, 4.69) is 114 Å². The number of benzene rings is 5. The molecule has 31 heavy (non-hydrogen) atoms. The molecule has 0 aliphatic rings. The molecule has 2 aromatic heterocycles. The van der Waals surface area contributed by atoms with Gasteiger partial charge >= 0.3 is 0 Å². The Balaban J connectivity index is 1.81. The number of fused-ring (bicyclic) bond motifs is 9. The maximum Gasteiger partial charge on any atom is 0.0619 e. The van der Waals surface area contributed by atoms with Gasteiger partial charge in [-0.2, -0.15) is 0 Å². The van der Waals surface area contributed by atoms with Crippen LogP contribution in [0.15, 0.2) is 97.1 Å². The van der Waals surface area contributed by atoms with Crippen molar-refractivity contribution in [2.24, 2.45) is 0 Å². The Morgan fingerprint density at radius 2 is 1.42 bits per heavy atom. The number of hydrogen-bond acceptors (Lipinski definition) is 0. The van der Waals surface area contributed by atoms with E-state index in [1.54, 1.807) is 0 Å². The van der Waals surface area contributed by atoms with Crippen LogP contribution in [0.1, 0.15) is 5.56 Å². The molecule has 0 aliphatic heterocycles. The van der Waals surface area contributed by atoms with Gasteiger partial charge in [-0.3, -0.25) is 0 Å². The number of hydrogen-bond donors (Lipinski definition) is 1. The van der Waals surface area contributed by atoms with Gasteiger partial charge in [0.15, 0.2) is 0 Å². The number of rotatable bonds is 1. The van der Waals surface area contributed by atoms with E-state index in [1.165, 1.54) is 65.6 Å². The van der Waals surface area contributed by atoms with Gasteiger partial charge in [-0.1, -0.05) is 72.3 Å². The van der Waals surface area contributed by atoms with Gasteiger partial charge in [-0.15, -0.1) is 0 Å². The molecule has 2 heterocycles. The first-order chi connectivity index (χ1) is 15.3. The molecule has 7 aromatic rings. The molecule has 5 aromatic carbocycles. The van der Waals surface area contributed by atoms with Crippen molar-refractivity contribution in [1.82, 2.24) is 9.55 Å². The minimum absolute atomic E-state index is 1.18. The summed E-state index contributed by atoms with van der Waals surface area (Å²) >= 11 is 0. The van der Waals surface area contributed by atoms with Gasteiger partial charge in [0.25, 0.3) is 0 Å². The first kappa shape index (κ1) is 16.7. The molecule has 0 atom stereocenters. The summed E-state index contributed by atoms with van der Waals surface area (Å²) in [5, 5.41) is 7.76. The van der Waals surface area contributed by atoms with Gasteiger partial charge in [0, 0.05) is 43.7 Å². The summed E-state index contributed by atoms with van der Waals surface area (Å²) in [5.74, 6) is 0. The zero-order valence-corrected chi connectivity index (χ0v) is 17.2. The number of aromatic nitrogens is 2. The fraction of sp³-hybridized carbons (Fsp3) is 0.0345.